The highest BCUT2D eigenvalue weighted by Gasteiger charge is 2.42. The van der Waals surface area contributed by atoms with E-state index in [1.54, 1.807) is 0 Å². The van der Waals surface area contributed by atoms with Gasteiger partial charge in [-0.25, -0.2) is 0 Å². The first-order valence-electron chi connectivity index (χ1n) is 8.48. The molecule has 0 aromatic carbocycles. The van der Waals surface area contributed by atoms with Crippen LogP contribution in [-0.4, -0.2) is 42.3 Å². The third-order valence-corrected chi connectivity index (χ3v) is 6.00. The normalized spacial score (nSPS) is 42.0. The standard InChI is InChI=1S/C16H27F3N2/c1-21-14-3-2-4-15(21)10-13(9-14)20-12-7-5-11(6-8-12)16(17,18)19/h11-15,20H,2-10H2,1H3. The Morgan fingerprint density at radius 2 is 1.43 bits per heavy atom. The van der Waals surface area contributed by atoms with Gasteiger partial charge >= 0.3 is 6.18 Å². The van der Waals surface area contributed by atoms with Crippen LogP contribution in [0.3, 0.4) is 0 Å². The van der Waals surface area contributed by atoms with Crippen molar-refractivity contribution in [2.75, 3.05) is 7.05 Å². The van der Waals surface area contributed by atoms with Crippen molar-refractivity contribution in [2.24, 2.45) is 5.92 Å². The molecule has 21 heavy (non-hydrogen) atoms. The Morgan fingerprint density at radius 3 is 1.95 bits per heavy atom. The Bertz CT molecular complexity index is 336. The molecule has 2 atom stereocenters. The maximum Gasteiger partial charge on any atom is 0.391 e. The molecule has 0 aromatic heterocycles. The molecule has 1 N–H and O–H groups in total. The van der Waals surface area contributed by atoms with Gasteiger partial charge in [0.15, 0.2) is 0 Å². The predicted octanol–water partition coefficient (Wildman–Crippen LogP) is 3.71. The summed E-state index contributed by atoms with van der Waals surface area (Å²) in [6, 6.07) is 2.18. The minimum absolute atomic E-state index is 0.303. The molecule has 122 valence electrons. The van der Waals surface area contributed by atoms with Gasteiger partial charge in [0, 0.05) is 24.2 Å². The van der Waals surface area contributed by atoms with Gasteiger partial charge < -0.3 is 10.2 Å². The molecule has 2 nitrogen and oxygen atoms in total. The molecule has 0 spiro atoms. The van der Waals surface area contributed by atoms with Gasteiger partial charge in [0.05, 0.1) is 5.92 Å². The zero-order chi connectivity index (χ0) is 15.0. The number of hydrogen-bond donors (Lipinski definition) is 1. The SMILES string of the molecule is CN1C2CCCC1CC(NC1CCC(C(F)(F)F)CC1)C2. The number of piperidine rings is 2. The molecule has 2 heterocycles. The molecular weight excluding hydrogens is 277 g/mol. The molecule has 1 aliphatic carbocycles. The maximum atomic E-state index is 12.7. The van der Waals surface area contributed by atoms with Crippen molar-refractivity contribution in [1.82, 2.24) is 10.2 Å². The summed E-state index contributed by atoms with van der Waals surface area (Å²) in [6.07, 6.45) is 4.24. The van der Waals surface area contributed by atoms with E-state index in [-0.39, 0.29) is 0 Å². The van der Waals surface area contributed by atoms with Crippen molar-refractivity contribution < 1.29 is 13.2 Å². The van der Waals surface area contributed by atoms with E-state index < -0.39 is 12.1 Å². The van der Waals surface area contributed by atoms with Crippen molar-refractivity contribution in [3.63, 3.8) is 0 Å². The lowest BCUT2D eigenvalue weighted by Crippen LogP contribution is -2.56. The van der Waals surface area contributed by atoms with Gasteiger partial charge in [-0.3, -0.25) is 0 Å². The minimum Gasteiger partial charge on any atom is -0.311 e. The van der Waals surface area contributed by atoms with Crippen LogP contribution in [0.1, 0.15) is 57.8 Å². The fraction of sp³-hybridized carbons (Fsp3) is 1.00. The van der Waals surface area contributed by atoms with Gasteiger partial charge in [0.1, 0.15) is 0 Å². The number of rotatable bonds is 2. The fourth-order valence-electron chi connectivity index (χ4n) is 4.67. The molecule has 0 aromatic rings. The average Bonchev–Trinajstić information content (AvgIpc) is 2.39. The smallest absolute Gasteiger partial charge is 0.311 e. The van der Waals surface area contributed by atoms with Crippen LogP contribution in [-0.2, 0) is 0 Å². The molecule has 2 saturated heterocycles. The van der Waals surface area contributed by atoms with Crippen molar-refractivity contribution in [3.8, 4) is 0 Å². The molecule has 0 amide bonds. The topological polar surface area (TPSA) is 15.3 Å². The van der Waals surface area contributed by atoms with Gasteiger partial charge in [-0.2, -0.15) is 13.2 Å². The highest BCUT2D eigenvalue weighted by Crippen LogP contribution is 2.38. The van der Waals surface area contributed by atoms with E-state index in [0.29, 0.717) is 49.9 Å². The second-order valence-electron chi connectivity index (χ2n) is 7.33. The Labute approximate surface area is 125 Å². The summed E-state index contributed by atoms with van der Waals surface area (Å²) in [5.74, 6) is -1.06. The number of halogens is 3. The van der Waals surface area contributed by atoms with Crippen LogP contribution >= 0.6 is 0 Å². The Balaban J connectivity index is 1.48. The molecule has 3 fully saturated rings. The van der Waals surface area contributed by atoms with Crippen molar-refractivity contribution >= 4 is 0 Å². The number of alkyl halides is 3. The highest BCUT2D eigenvalue weighted by atomic mass is 19.4. The highest BCUT2D eigenvalue weighted by molar-refractivity contribution is 4.95. The van der Waals surface area contributed by atoms with E-state index >= 15 is 0 Å². The Hall–Kier alpha value is -0.290. The largest absolute Gasteiger partial charge is 0.391 e. The summed E-state index contributed by atoms with van der Waals surface area (Å²) in [6.45, 7) is 0. The monoisotopic (exact) mass is 304 g/mol. The van der Waals surface area contributed by atoms with Crippen LogP contribution in [0.4, 0.5) is 13.2 Å². The van der Waals surface area contributed by atoms with E-state index in [1.807, 2.05) is 0 Å². The molecule has 2 unspecified atom stereocenters. The van der Waals surface area contributed by atoms with Gasteiger partial charge in [0.2, 0.25) is 0 Å². The predicted molar refractivity (Wildman–Crippen MR) is 77.1 cm³/mol. The van der Waals surface area contributed by atoms with E-state index in [4.69, 9.17) is 0 Å². The summed E-state index contributed by atoms with van der Waals surface area (Å²) in [5.41, 5.74) is 0. The molecular formula is C16H27F3N2. The number of nitrogens with one attached hydrogen (secondary N) is 1. The molecule has 2 aliphatic heterocycles. The third-order valence-electron chi connectivity index (χ3n) is 6.00. The van der Waals surface area contributed by atoms with E-state index in [2.05, 4.69) is 17.3 Å². The summed E-state index contributed by atoms with van der Waals surface area (Å²) in [4.78, 5) is 2.53. The second kappa shape index (κ2) is 6.07. The van der Waals surface area contributed by atoms with Crippen molar-refractivity contribution in [3.05, 3.63) is 0 Å². The first kappa shape index (κ1) is 15.6. The first-order valence-corrected chi connectivity index (χ1v) is 8.48. The lowest BCUT2D eigenvalue weighted by Gasteiger charge is -2.48. The molecule has 5 heteroatoms. The Morgan fingerprint density at radius 1 is 0.857 bits per heavy atom. The van der Waals surface area contributed by atoms with Crippen molar-refractivity contribution in [2.45, 2.75) is 88.1 Å². The van der Waals surface area contributed by atoms with Gasteiger partial charge in [0.25, 0.3) is 0 Å². The number of nitrogens with zero attached hydrogens (tertiary/aromatic N) is 1. The molecule has 3 rings (SSSR count). The lowest BCUT2D eigenvalue weighted by molar-refractivity contribution is -0.182. The van der Waals surface area contributed by atoms with Crippen LogP contribution in [0.15, 0.2) is 0 Å². The average molecular weight is 304 g/mol. The summed E-state index contributed by atoms with van der Waals surface area (Å²) < 4.78 is 38.1. The fourth-order valence-corrected chi connectivity index (χ4v) is 4.67. The zero-order valence-electron chi connectivity index (χ0n) is 12.8. The van der Waals surface area contributed by atoms with E-state index in [0.717, 1.165) is 0 Å². The number of fused-ring (bicyclic) bond motifs is 2. The molecule has 1 saturated carbocycles. The molecule has 2 bridgehead atoms. The zero-order valence-corrected chi connectivity index (χ0v) is 12.8. The van der Waals surface area contributed by atoms with Crippen LogP contribution in [0.5, 0.6) is 0 Å². The Kier molecular flexibility index (Phi) is 4.51. The van der Waals surface area contributed by atoms with Crippen LogP contribution in [0.25, 0.3) is 0 Å². The van der Waals surface area contributed by atoms with Crippen LogP contribution < -0.4 is 5.32 Å². The molecule has 0 radical (unpaired) electrons. The summed E-state index contributed by atoms with van der Waals surface area (Å²) >= 11 is 0. The lowest BCUT2D eigenvalue weighted by atomic mass is 9.80. The maximum absolute atomic E-state index is 12.7. The summed E-state index contributed by atoms with van der Waals surface area (Å²) in [5, 5.41) is 3.68. The van der Waals surface area contributed by atoms with Crippen LogP contribution in [0.2, 0.25) is 0 Å². The number of hydrogen-bond acceptors (Lipinski definition) is 2. The molecule has 3 aliphatic rings. The quantitative estimate of drug-likeness (QED) is 0.836. The summed E-state index contributed by atoms with van der Waals surface area (Å²) in [7, 11) is 2.24. The van der Waals surface area contributed by atoms with Gasteiger partial charge in [-0.1, -0.05) is 6.42 Å². The first-order chi connectivity index (χ1) is 9.93. The van der Waals surface area contributed by atoms with Gasteiger partial charge in [-0.05, 0) is 58.4 Å². The minimum atomic E-state index is -3.99. The second-order valence-corrected chi connectivity index (χ2v) is 7.33. The third kappa shape index (κ3) is 3.55. The van der Waals surface area contributed by atoms with E-state index in [9.17, 15) is 13.2 Å². The van der Waals surface area contributed by atoms with E-state index in [1.165, 1.54) is 32.1 Å². The van der Waals surface area contributed by atoms with Crippen LogP contribution in [0, 0.1) is 5.92 Å². The van der Waals surface area contributed by atoms with Gasteiger partial charge in [-0.15, -0.1) is 0 Å². The van der Waals surface area contributed by atoms with Crippen molar-refractivity contribution in [1.29, 1.82) is 0 Å².